The van der Waals surface area contributed by atoms with Crippen LogP contribution in [0.4, 0.5) is 0 Å². The lowest BCUT2D eigenvalue weighted by Crippen LogP contribution is -2.52. The van der Waals surface area contributed by atoms with Crippen molar-refractivity contribution in [3.05, 3.63) is 52.5 Å². The fourth-order valence-electron chi connectivity index (χ4n) is 4.21. The van der Waals surface area contributed by atoms with Gasteiger partial charge in [-0.1, -0.05) is 6.07 Å². The Balaban J connectivity index is 1.42. The number of hydrogen-bond donors (Lipinski definition) is 0. The summed E-state index contributed by atoms with van der Waals surface area (Å²) >= 11 is 1.59. The first-order chi connectivity index (χ1) is 11.8. The average Bonchev–Trinajstić information content (AvgIpc) is 3.28. The number of piperidine rings is 1. The predicted octanol–water partition coefficient (Wildman–Crippen LogP) is 3.41. The van der Waals surface area contributed by atoms with Crippen molar-refractivity contribution in [1.82, 2.24) is 14.8 Å². The highest BCUT2D eigenvalue weighted by molar-refractivity contribution is 7.08. The summed E-state index contributed by atoms with van der Waals surface area (Å²) in [6.07, 6.45) is 8.50. The molecule has 0 saturated carbocycles. The number of thiophene rings is 1. The van der Waals surface area contributed by atoms with Gasteiger partial charge in [0.25, 0.3) is 5.91 Å². The Morgan fingerprint density at radius 1 is 1.21 bits per heavy atom. The van der Waals surface area contributed by atoms with Gasteiger partial charge in [0.05, 0.1) is 5.56 Å². The molecule has 4 rings (SSSR count). The molecule has 1 amide bonds. The standard InChI is InChI=1S/C19H23N3OS/c23-18(17-4-12-24-15-17)21-10-6-19(7-11-21)5-2-9-22(19)14-16-3-1-8-20-13-16/h1,3-4,8,12-13,15H,2,5-7,9-11,14H2. The van der Waals surface area contributed by atoms with Crippen LogP contribution in [0.3, 0.4) is 0 Å². The van der Waals surface area contributed by atoms with Crippen LogP contribution in [0.25, 0.3) is 0 Å². The minimum Gasteiger partial charge on any atom is -0.338 e. The van der Waals surface area contributed by atoms with Gasteiger partial charge in [-0.3, -0.25) is 14.7 Å². The van der Waals surface area contributed by atoms with Crippen LogP contribution in [0, 0.1) is 0 Å². The number of aromatic nitrogens is 1. The van der Waals surface area contributed by atoms with Crippen molar-refractivity contribution in [2.45, 2.75) is 37.8 Å². The lowest BCUT2D eigenvalue weighted by atomic mass is 9.84. The minimum absolute atomic E-state index is 0.197. The van der Waals surface area contributed by atoms with E-state index in [1.54, 1.807) is 11.3 Å². The fourth-order valence-corrected chi connectivity index (χ4v) is 4.84. The van der Waals surface area contributed by atoms with Crippen molar-refractivity contribution in [3.63, 3.8) is 0 Å². The van der Waals surface area contributed by atoms with Gasteiger partial charge in [-0.05, 0) is 55.3 Å². The van der Waals surface area contributed by atoms with E-state index in [0.29, 0.717) is 0 Å². The fraction of sp³-hybridized carbons (Fsp3) is 0.474. The first-order valence-corrected chi connectivity index (χ1v) is 9.67. The lowest BCUT2D eigenvalue weighted by molar-refractivity contribution is 0.0384. The highest BCUT2D eigenvalue weighted by Crippen LogP contribution is 2.39. The van der Waals surface area contributed by atoms with Gasteiger partial charge < -0.3 is 4.90 Å². The molecule has 2 fully saturated rings. The van der Waals surface area contributed by atoms with Crippen molar-refractivity contribution < 1.29 is 4.79 Å². The maximum absolute atomic E-state index is 12.5. The van der Waals surface area contributed by atoms with Crippen molar-refractivity contribution in [2.24, 2.45) is 0 Å². The number of carbonyl (C=O) groups is 1. The van der Waals surface area contributed by atoms with Crippen molar-refractivity contribution in [3.8, 4) is 0 Å². The van der Waals surface area contributed by atoms with E-state index in [0.717, 1.165) is 44.6 Å². The summed E-state index contributed by atoms with van der Waals surface area (Å²) in [7, 11) is 0. The number of hydrogen-bond acceptors (Lipinski definition) is 4. The number of rotatable bonds is 3. The van der Waals surface area contributed by atoms with E-state index in [2.05, 4.69) is 16.0 Å². The van der Waals surface area contributed by atoms with Gasteiger partial charge in [0.15, 0.2) is 0 Å². The molecule has 24 heavy (non-hydrogen) atoms. The minimum atomic E-state index is 0.197. The largest absolute Gasteiger partial charge is 0.338 e. The summed E-state index contributed by atoms with van der Waals surface area (Å²) in [6.45, 7) is 3.89. The molecule has 4 heterocycles. The molecule has 2 aromatic heterocycles. The number of nitrogens with zero attached hydrogens (tertiary/aromatic N) is 3. The molecule has 2 aliphatic rings. The Kier molecular flexibility index (Phi) is 4.37. The molecule has 0 aromatic carbocycles. The zero-order valence-corrected chi connectivity index (χ0v) is 14.7. The van der Waals surface area contributed by atoms with Crippen LogP contribution in [-0.2, 0) is 6.54 Å². The molecule has 4 nitrogen and oxygen atoms in total. The monoisotopic (exact) mass is 341 g/mol. The van der Waals surface area contributed by atoms with E-state index >= 15 is 0 Å². The molecule has 1 spiro atoms. The van der Waals surface area contributed by atoms with Gasteiger partial charge in [-0.15, -0.1) is 0 Å². The second-order valence-corrected chi connectivity index (χ2v) is 7.69. The first kappa shape index (κ1) is 15.8. The summed E-state index contributed by atoms with van der Waals surface area (Å²) in [5.74, 6) is 0.197. The smallest absolute Gasteiger partial charge is 0.254 e. The molecule has 0 aliphatic carbocycles. The van der Waals surface area contributed by atoms with E-state index in [1.807, 2.05) is 40.2 Å². The van der Waals surface area contributed by atoms with E-state index in [9.17, 15) is 4.79 Å². The van der Waals surface area contributed by atoms with Crippen molar-refractivity contribution >= 4 is 17.2 Å². The molecule has 0 atom stereocenters. The zero-order valence-electron chi connectivity index (χ0n) is 13.9. The lowest BCUT2D eigenvalue weighted by Gasteiger charge is -2.45. The maximum Gasteiger partial charge on any atom is 0.254 e. The Morgan fingerprint density at radius 3 is 2.79 bits per heavy atom. The second-order valence-electron chi connectivity index (χ2n) is 6.91. The first-order valence-electron chi connectivity index (χ1n) is 8.72. The van der Waals surface area contributed by atoms with Crippen molar-refractivity contribution in [2.75, 3.05) is 19.6 Å². The highest BCUT2D eigenvalue weighted by Gasteiger charge is 2.43. The Labute approximate surface area is 147 Å². The molecule has 126 valence electrons. The van der Waals surface area contributed by atoms with Crippen LogP contribution in [0.5, 0.6) is 0 Å². The van der Waals surface area contributed by atoms with Crippen LogP contribution in [0.1, 0.15) is 41.6 Å². The van der Waals surface area contributed by atoms with Crippen LogP contribution in [0.15, 0.2) is 41.4 Å². The van der Waals surface area contributed by atoms with Crippen LogP contribution in [-0.4, -0.2) is 45.9 Å². The van der Waals surface area contributed by atoms with Crippen LogP contribution < -0.4 is 0 Å². The third-order valence-corrected chi connectivity index (χ3v) is 6.27. The molecular formula is C19H23N3OS. The predicted molar refractivity (Wildman–Crippen MR) is 96.1 cm³/mol. The maximum atomic E-state index is 12.5. The number of amides is 1. The summed E-state index contributed by atoms with van der Waals surface area (Å²) in [5.41, 5.74) is 2.41. The van der Waals surface area contributed by atoms with E-state index < -0.39 is 0 Å². The summed E-state index contributed by atoms with van der Waals surface area (Å²) in [4.78, 5) is 21.5. The molecule has 2 saturated heterocycles. The molecule has 2 aliphatic heterocycles. The third kappa shape index (κ3) is 2.98. The van der Waals surface area contributed by atoms with Gasteiger partial charge in [0.2, 0.25) is 0 Å². The van der Waals surface area contributed by atoms with Crippen LogP contribution >= 0.6 is 11.3 Å². The normalized spacial score (nSPS) is 20.6. The van der Waals surface area contributed by atoms with E-state index in [-0.39, 0.29) is 11.4 Å². The molecule has 0 N–H and O–H groups in total. The topological polar surface area (TPSA) is 36.4 Å². The SMILES string of the molecule is O=C(c1ccsc1)N1CCC2(CCCN2Cc2cccnc2)CC1. The average molecular weight is 341 g/mol. The molecule has 2 aromatic rings. The second kappa shape index (κ2) is 6.65. The Morgan fingerprint density at radius 2 is 2.08 bits per heavy atom. The highest BCUT2D eigenvalue weighted by atomic mass is 32.1. The van der Waals surface area contributed by atoms with Gasteiger partial charge in [0.1, 0.15) is 0 Å². The van der Waals surface area contributed by atoms with E-state index in [4.69, 9.17) is 0 Å². The third-order valence-electron chi connectivity index (χ3n) is 5.59. The number of pyridine rings is 1. The summed E-state index contributed by atoms with van der Waals surface area (Å²) < 4.78 is 0. The van der Waals surface area contributed by atoms with E-state index in [1.165, 1.54) is 18.4 Å². The molecule has 0 bridgehead atoms. The molecular weight excluding hydrogens is 318 g/mol. The quantitative estimate of drug-likeness (QED) is 0.858. The van der Waals surface area contributed by atoms with Crippen molar-refractivity contribution in [1.29, 1.82) is 0 Å². The Bertz CT molecular complexity index is 678. The summed E-state index contributed by atoms with van der Waals surface area (Å²) in [5, 5.41) is 3.93. The van der Waals surface area contributed by atoms with Crippen LogP contribution in [0.2, 0.25) is 0 Å². The number of carbonyl (C=O) groups excluding carboxylic acids is 1. The van der Waals surface area contributed by atoms with Gasteiger partial charge >= 0.3 is 0 Å². The van der Waals surface area contributed by atoms with Gasteiger partial charge in [0, 0.05) is 42.9 Å². The van der Waals surface area contributed by atoms with Gasteiger partial charge in [-0.2, -0.15) is 11.3 Å². The number of likely N-dealkylation sites (tertiary alicyclic amines) is 2. The Hall–Kier alpha value is -1.72. The molecule has 5 heteroatoms. The summed E-state index contributed by atoms with van der Waals surface area (Å²) in [6, 6.07) is 6.11. The molecule has 0 unspecified atom stereocenters. The zero-order chi connectivity index (χ0) is 16.4. The molecule has 0 radical (unpaired) electrons. The van der Waals surface area contributed by atoms with Gasteiger partial charge in [-0.25, -0.2) is 0 Å².